The summed E-state index contributed by atoms with van der Waals surface area (Å²) >= 11 is 1.59. The van der Waals surface area contributed by atoms with E-state index in [4.69, 9.17) is 9.26 Å². The number of ether oxygens (including phenoxy) is 1. The third-order valence-electron chi connectivity index (χ3n) is 13.3. The number of hydrogen-bond acceptors (Lipinski definition) is 15. The number of aryl methyl sites for hydroxylation is 1. The van der Waals surface area contributed by atoms with Crippen LogP contribution in [-0.2, 0) is 9.59 Å². The van der Waals surface area contributed by atoms with Crippen LogP contribution in [0.2, 0.25) is 0 Å². The molecule has 0 bridgehead atoms. The van der Waals surface area contributed by atoms with E-state index in [2.05, 4.69) is 45.7 Å². The Morgan fingerprint density at radius 2 is 1.81 bits per heavy atom. The van der Waals surface area contributed by atoms with Gasteiger partial charge in [0.1, 0.15) is 23.8 Å². The molecule has 0 radical (unpaired) electrons. The maximum atomic E-state index is 14.3. The highest BCUT2D eigenvalue weighted by atomic mass is 32.1. The van der Waals surface area contributed by atoms with Gasteiger partial charge in [-0.15, -0.1) is 21.5 Å². The number of piperazine rings is 1. The van der Waals surface area contributed by atoms with Crippen molar-refractivity contribution in [2.24, 2.45) is 5.92 Å². The van der Waals surface area contributed by atoms with Crippen LogP contribution < -0.4 is 20.3 Å². The minimum Gasteiger partial charge on any atom is -0.507 e. The Morgan fingerprint density at radius 1 is 1.00 bits per heavy atom. The Morgan fingerprint density at radius 3 is 2.58 bits per heavy atom. The van der Waals surface area contributed by atoms with Crippen molar-refractivity contribution in [2.45, 2.75) is 89.8 Å². The summed E-state index contributed by atoms with van der Waals surface area (Å²) in [5.41, 5.74) is 7.17. The van der Waals surface area contributed by atoms with Gasteiger partial charge in [-0.25, -0.2) is 4.98 Å². The van der Waals surface area contributed by atoms with Crippen molar-refractivity contribution in [3.63, 3.8) is 0 Å². The lowest BCUT2D eigenvalue weighted by molar-refractivity contribution is -0.141. The van der Waals surface area contributed by atoms with Crippen LogP contribution in [-0.4, -0.2) is 140 Å². The van der Waals surface area contributed by atoms with E-state index in [0.717, 1.165) is 78.9 Å². The van der Waals surface area contributed by atoms with E-state index in [1.165, 1.54) is 4.90 Å². The molecule has 4 N–H and O–H groups in total. The number of aromatic hydroxyl groups is 1. The molecule has 0 saturated carbocycles. The maximum Gasteiger partial charge on any atom is 0.254 e. The van der Waals surface area contributed by atoms with Crippen molar-refractivity contribution < 1.29 is 29.1 Å². The number of nitrogens with zero attached hydrogens (tertiary/aromatic N) is 8. The van der Waals surface area contributed by atoms with E-state index in [-0.39, 0.29) is 54.6 Å². The lowest BCUT2D eigenvalue weighted by Crippen LogP contribution is -2.60. The number of thiazole rings is 1. The highest BCUT2D eigenvalue weighted by Gasteiger charge is 2.44. The molecular weight excluding hydrogens is 833 g/mol. The van der Waals surface area contributed by atoms with Crippen LogP contribution in [0.4, 0.5) is 11.5 Å². The van der Waals surface area contributed by atoms with E-state index < -0.39 is 18.1 Å². The zero-order chi connectivity index (χ0) is 44.6. The number of benzene rings is 2. The van der Waals surface area contributed by atoms with Crippen molar-refractivity contribution >= 4 is 34.7 Å². The van der Waals surface area contributed by atoms with Crippen molar-refractivity contribution in [3.05, 3.63) is 83.2 Å². The van der Waals surface area contributed by atoms with Gasteiger partial charge in [0.15, 0.2) is 11.6 Å². The number of fused-ring (bicyclic) bond motifs is 3. The number of aliphatic hydroxyl groups is 1. The number of aromatic nitrogens is 4. The highest BCUT2D eigenvalue weighted by molar-refractivity contribution is 7.13. The molecule has 7 heterocycles. The number of rotatable bonds is 13. The van der Waals surface area contributed by atoms with Crippen molar-refractivity contribution in [3.8, 4) is 33.3 Å². The Kier molecular flexibility index (Phi) is 12.6. The molecule has 64 heavy (non-hydrogen) atoms. The normalized spacial score (nSPS) is 22.7. The average molecular weight is 891 g/mol. The Labute approximate surface area is 377 Å². The van der Waals surface area contributed by atoms with Gasteiger partial charge in [0, 0.05) is 69.9 Å². The topological polar surface area (TPSA) is 186 Å². The van der Waals surface area contributed by atoms with Crippen LogP contribution in [0.5, 0.6) is 11.6 Å². The minimum atomic E-state index is -0.826. The fourth-order valence-electron chi connectivity index (χ4n) is 9.94. The van der Waals surface area contributed by atoms with Crippen LogP contribution in [0.15, 0.2) is 70.7 Å². The van der Waals surface area contributed by atoms with Crippen molar-refractivity contribution in [1.29, 1.82) is 0 Å². The Bertz CT molecular complexity index is 2440. The van der Waals surface area contributed by atoms with Crippen LogP contribution in [0.3, 0.4) is 0 Å². The minimum absolute atomic E-state index is 0.0564. The standard InChI is InChI=1S/C47H58N10O6S/c1-27(2)43(47(61)57-25-35(58)18-39(57)46(60)50-29(4)31-10-12-32(13-11-31)44-30(5)49-26-64-44)41-20-42(53-63-41)62-28(3)22-54-15-14-33(23-54)55-16-17-56-34(24-55)21-48-45-38(56)19-37(51-52-45)36-8-6-7-9-40(36)59/h6-13,19-20,26-29,33-35,39,43,58-59H,14-18,21-25H2,1-5H3,(H,48,52)(H,50,60)/t28-,29+,33+,34-,35-,39+,43-/m1/s1. The first-order valence-electron chi connectivity index (χ1n) is 22.5. The molecule has 4 aliphatic rings. The number of anilines is 2. The molecule has 4 aliphatic heterocycles. The molecule has 3 aromatic heterocycles. The van der Waals surface area contributed by atoms with Crippen LogP contribution in [0.25, 0.3) is 21.7 Å². The van der Waals surface area contributed by atoms with E-state index in [9.17, 15) is 19.8 Å². The number of nitrogens with one attached hydrogen (secondary N) is 2. The number of phenols is 1. The lowest BCUT2D eigenvalue weighted by atomic mass is 9.91. The van der Waals surface area contributed by atoms with Gasteiger partial charge >= 0.3 is 0 Å². The van der Waals surface area contributed by atoms with Gasteiger partial charge in [0.25, 0.3) is 5.88 Å². The van der Waals surface area contributed by atoms with Crippen molar-refractivity contribution in [2.75, 3.05) is 62.6 Å². The molecular formula is C47H58N10O6S. The zero-order valence-electron chi connectivity index (χ0n) is 37.1. The number of amides is 2. The van der Waals surface area contributed by atoms with E-state index >= 15 is 0 Å². The number of para-hydroxylation sites is 1. The second-order valence-corrected chi connectivity index (χ2v) is 19.0. The van der Waals surface area contributed by atoms with E-state index in [0.29, 0.717) is 35.5 Å². The van der Waals surface area contributed by atoms with Gasteiger partial charge in [-0.3, -0.25) is 19.4 Å². The monoisotopic (exact) mass is 890 g/mol. The molecule has 16 nitrogen and oxygen atoms in total. The number of carbonyl (C=O) groups excluding carboxylic acids is 2. The second kappa shape index (κ2) is 18.5. The summed E-state index contributed by atoms with van der Waals surface area (Å²) in [4.78, 5) is 42.5. The van der Waals surface area contributed by atoms with E-state index in [1.807, 2.05) is 82.6 Å². The molecule has 0 spiro atoms. The van der Waals surface area contributed by atoms with Gasteiger partial charge in [0.2, 0.25) is 11.8 Å². The molecule has 17 heteroatoms. The quantitative estimate of drug-likeness (QED) is 0.119. The number of phenolic OH excluding ortho intramolecular Hbond substituents is 1. The average Bonchev–Trinajstić information content (AvgIpc) is 4.12. The molecule has 0 unspecified atom stereocenters. The highest BCUT2D eigenvalue weighted by Crippen LogP contribution is 2.37. The largest absolute Gasteiger partial charge is 0.507 e. The lowest BCUT2D eigenvalue weighted by Gasteiger charge is -2.47. The summed E-state index contributed by atoms with van der Waals surface area (Å²) in [6.45, 7) is 16.0. The second-order valence-electron chi connectivity index (χ2n) is 18.1. The number of aliphatic hydroxyl groups excluding tert-OH is 1. The summed E-state index contributed by atoms with van der Waals surface area (Å²) in [6.07, 6.45) is 0.218. The molecule has 3 saturated heterocycles. The summed E-state index contributed by atoms with van der Waals surface area (Å²) in [5, 5.41) is 40.8. The maximum absolute atomic E-state index is 14.3. The molecule has 338 valence electrons. The van der Waals surface area contributed by atoms with Gasteiger partial charge in [-0.05, 0) is 74.1 Å². The van der Waals surface area contributed by atoms with Gasteiger partial charge < -0.3 is 39.9 Å². The number of β-amino-alcohol motifs (C(OH)–C–C–N with tert-alkyl or cyclic N) is 1. The molecule has 0 aliphatic carbocycles. The van der Waals surface area contributed by atoms with Crippen molar-refractivity contribution in [1.82, 2.24) is 40.4 Å². The first-order valence-corrected chi connectivity index (χ1v) is 23.3. The summed E-state index contributed by atoms with van der Waals surface area (Å²) in [6, 6.07) is 18.6. The van der Waals surface area contributed by atoms with Gasteiger partial charge in [-0.2, -0.15) is 0 Å². The van der Waals surface area contributed by atoms with Gasteiger partial charge in [-0.1, -0.05) is 50.2 Å². The number of hydrogen-bond donors (Lipinski definition) is 4. The predicted molar refractivity (Wildman–Crippen MR) is 244 cm³/mol. The van der Waals surface area contributed by atoms with Gasteiger partial charge in [0.05, 0.1) is 45.7 Å². The molecule has 2 aromatic carbocycles. The fourth-order valence-corrected chi connectivity index (χ4v) is 10.7. The number of likely N-dealkylation sites (tertiary alicyclic amines) is 2. The predicted octanol–water partition coefficient (Wildman–Crippen LogP) is 5.31. The first kappa shape index (κ1) is 43.6. The Hall–Kier alpha value is -5.62. The van der Waals surface area contributed by atoms with E-state index in [1.54, 1.807) is 29.5 Å². The van der Waals surface area contributed by atoms with Crippen LogP contribution >= 0.6 is 11.3 Å². The molecule has 7 atom stereocenters. The Balaban J connectivity index is 0.773. The third-order valence-corrected chi connectivity index (χ3v) is 14.2. The zero-order valence-corrected chi connectivity index (χ0v) is 37.9. The SMILES string of the molecule is Cc1ncsc1-c1ccc([C@H](C)NC(=O)[C@@H]2C[C@@H](O)CN2C(=O)[C@@H](c2cc(O[C@H](C)CN3CC[C@H](N4CCN5c6cc(-c7ccccc7O)nnc6NC[C@@H]5C4)C3)no2)C(C)C)cc1. The first-order chi connectivity index (χ1) is 30.9. The molecule has 3 fully saturated rings. The van der Waals surface area contributed by atoms with Crippen LogP contribution in [0.1, 0.15) is 69.5 Å². The number of carbonyl (C=O) groups is 2. The van der Waals surface area contributed by atoms with Crippen LogP contribution in [0, 0.1) is 12.8 Å². The summed E-state index contributed by atoms with van der Waals surface area (Å²) in [7, 11) is 0. The molecule has 5 aromatic rings. The third kappa shape index (κ3) is 9.03. The fraction of sp³-hybridized carbons (Fsp3) is 0.489. The molecule has 9 rings (SSSR count). The summed E-state index contributed by atoms with van der Waals surface area (Å²) in [5.74, 6) is 0.156. The molecule has 2 amide bonds. The smallest absolute Gasteiger partial charge is 0.254 e. The summed E-state index contributed by atoms with van der Waals surface area (Å²) < 4.78 is 12.1.